The average molecular weight is 251 g/mol. The van der Waals surface area contributed by atoms with Crippen molar-refractivity contribution in [2.24, 2.45) is 0 Å². The molecule has 0 bridgehead atoms. The minimum atomic E-state index is 0.903. The minimum absolute atomic E-state index is 0.903. The van der Waals surface area contributed by atoms with Crippen LogP contribution in [0.4, 0.5) is 0 Å². The van der Waals surface area contributed by atoms with Crippen molar-refractivity contribution < 1.29 is 0 Å². The number of nitrogens with zero attached hydrogens (tertiary/aromatic N) is 3. The number of benzene rings is 1. The molecule has 0 amide bonds. The molecule has 0 unspecified atom stereocenters. The molecule has 1 aromatic carbocycles. The van der Waals surface area contributed by atoms with Crippen LogP contribution in [-0.4, -0.2) is 14.8 Å². The van der Waals surface area contributed by atoms with Gasteiger partial charge < -0.3 is 0 Å². The molecule has 2 aromatic heterocycles. The normalized spacial score (nSPS) is 11.1. The summed E-state index contributed by atoms with van der Waals surface area (Å²) in [6.45, 7) is 7.14. The maximum atomic E-state index is 4.53. The standard InChI is InChI=1S/C16H17N3/c1-4-19-12(3)15(10-17-19)13-7-8-16-14(9-13)6-5-11(2)18-16/h5-10H,4H2,1-3H3. The van der Waals surface area contributed by atoms with Gasteiger partial charge >= 0.3 is 0 Å². The fourth-order valence-electron chi connectivity index (χ4n) is 2.44. The number of rotatable bonds is 2. The Morgan fingerprint density at radius 1 is 1.11 bits per heavy atom. The van der Waals surface area contributed by atoms with E-state index < -0.39 is 0 Å². The Balaban J connectivity index is 2.15. The second-order valence-corrected chi connectivity index (χ2v) is 4.82. The average Bonchev–Trinajstić information content (AvgIpc) is 2.79. The molecule has 0 saturated heterocycles. The molecule has 3 nitrogen and oxygen atoms in total. The predicted octanol–water partition coefficient (Wildman–Crippen LogP) is 3.74. The van der Waals surface area contributed by atoms with Gasteiger partial charge in [0.1, 0.15) is 0 Å². The van der Waals surface area contributed by atoms with E-state index in [0.29, 0.717) is 0 Å². The van der Waals surface area contributed by atoms with Gasteiger partial charge in [-0.05, 0) is 44.5 Å². The molecule has 0 spiro atoms. The van der Waals surface area contributed by atoms with Gasteiger partial charge in [0.2, 0.25) is 0 Å². The number of hydrogen-bond donors (Lipinski definition) is 0. The second-order valence-electron chi connectivity index (χ2n) is 4.82. The molecule has 0 atom stereocenters. The first-order valence-electron chi connectivity index (χ1n) is 6.59. The maximum Gasteiger partial charge on any atom is 0.0705 e. The monoisotopic (exact) mass is 251 g/mol. The highest BCUT2D eigenvalue weighted by molar-refractivity contribution is 5.84. The highest BCUT2D eigenvalue weighted by Crippen LogP contribution is 2.26. The van der Waals surface area contributed by atoms with Crippen LogP contribution in [0.5, 0.6) is 0 Å². The second kappa shape index (κ2) is 4.50. The Morgan fingerprint density at radius 3 is 2.68 bits per heavy atom. The van der Waals surface area contributed by atoms with Crippen LogP contribution in [0.15, 0.2) is 36.5 Å². The summed E-state index contributed by atoms with van der Waals surface area (Å²) in [6, 6.07) is 10.6. The highest BCUT2D eigenvalue weighted by Gasteiger charge is 2.08. The zero-order chi connectivity index (χ0) is 13.4. The van der Waals surface area contributed by atoms with E-state index in [4.69, 9.17) is 0 Å². The van der Waals surface area contributed by atoms with E-state index in [1.54, 1.807) is 0 Å². The molecule has 0 aliphatic heterocycles. The van der Waals surface area contributed by atoms with Gasteiger partial charge in [-0.25, -0.2) is 0 Å². The van der Waals surface area contributed by atoms with E-state index in [-0.39, 0.29) is 0 Å². The number of pyridine rings is 1. The largest absolute Gasteiger partial charge is 0.270 e. The van der Waals surface area contributed by atoms with Crippen LogP contribution in [0, 0.1) is 13.8 Å². The minimum Gasteiger partial charge on any atom is -0.270 e. The summed E-state index contributed by atoms with van der Waals surface area (Å²) in [5.74, 6) is 0. The molecule has 0 aliphatic rings. The Labute approximate surface area is 112 Å². The SMILES string of the molecule is CCn1ncc(-c2ccc3nc(C)ccc3c2)c1C. The van der Waals surface area contributed by atoms with E-state index in [0.717, 1.165) is 17.8 Å². The summed E-state index contributed by atoms with van der Waals surface area (Å²) in [5.41, 5.74) is 5.71. The van der Waals surface area contributed by atoms with E-state index in [1.807, 2.05) is 17.8 Å². The lowest BCUT2D eigenvalue weighted by Gasteiger charge is -2.05. The van der Waals surface area contributed by atoms with Crippen molar-refractivity contribution in [3.05, 3.63) is 47.9 Å². The van der Waals surface area contributed by atoms with E-state index in [2.05, 4.69) is 54.3 Å². The summed E-state index contributed by atoms with van der Waals surface area (Å²) in [7, 11) is 0. The molecule has 3 heteroatoms. The molecular formula is C16H17N3. The van der Waals surface area contributed by atoms with Crippen molar-refractivity contribution in [1.82, 2.24) is 14.8 Å². The number of aromatic nitrogens is 3. The van der Waals surface area contributed by atoms with Crippen LogP contribution >= 0.6 is 0 Å². The molecule has 0 fully saturated rings. The van der Waals surface area contributed by atoms with Crippen LogP contribution in [-0.2, 0) is 6.54 Å². The van der Waals surface area contributed by atoms with Crippen molar-refractivity contribution in [2.75, 3.05) is 0 Å². The molecule has 0 radical (unpaired) electrons. The molecular weight excluding hydrogens is 234 g/mol. The molecule has 96 valence electrons. The van der Waals surface area contributed by atoms with Gasteiger partial charge in [-0.2, -0.15) is 5.10 Å². The van der Waals surface area contributed by atoms with Crippen molar-refractivity contribution in [2.45, 2.75) is 27.3 Å². The van der Waals surface area contributed by atoms with Crippen LogP contribution < -0.4 is 0 Å². The first kappa shape index (κ1) is 11.9. The number of hydrogen-bond acceptors (Lipinski definition) is 2. The fourth-order valence-corrected chi connectivity index (χ4v) is 2.44. The molecule has 2 heterocycles. The topological polar surface area (TPSA) is 30.7 Å². The summed E-state index contributed by atoms with van der Waals surface area (Å²) < 4.78 is 2.02. The Bertz CT molecular complexity index is 741. The van der Waals surface area contributed by atoms with Gasteiger partial charge in [-0.1, -0.05) is 12.1 Å². The Kier molecular flexibility index (Phi) is 2.82. The molecule has 0 N–H and O–H groups in total. The predicted molar refractivity (Wildman–Crippen MR) is 78.1 cm³/mol. The zero-order valence-electron chi connectivity index (χ0n) is 11.5. The van der Waals surface area contributed by atoms with Gasteiger partial charge in [0.25, 0.3) is 0 Å². The van der Waals surface area contributed by atoms with Gasteiger partial charge in [-0.3, -0.25) is 9.67 Å². The van der Waals surface area contributed by atoms with E-state index in [9.17, 15) is 0 Å². The van der Waals surface area contributed by atoms with Gasteiger partial charge in [0, 0.05) is 28.9 Å². The lowest BCUT2D eigenvalue weighted by molar-refractivity contribution is 0.640. The Morgan fingerprint density at radius 2 is 1.95 bits per heavy atom. The van der Waals surface area contributed by atoms with Gasteiger partial charge in [-0.15, -0.1) is 0 Å². The first-order chi connectivity index (χ1) is 9.19. The van der Waals surface area contributed by atoms with Gasteiger partial charge in [0.05, 0.1) is 11.7 Å². The van der Waals surface area contributed by atoms with Gasteiger partial charge in [0.15, 0.2) is 0 Å². The third-order valence-electron chi connectivity index (χ3n) is 3.54. The smallest absolute Gasteiger partial charge is 0.0705 e. The summed E-state index contributed by atoms with van der Waals surface area (Å²) in [6.07, 6.45) is 1.95. The van der Waals surface area contributed by atoms with Crippen LogP contribution in [0.3, 0.4) is 0 Å². The van der Waals surface area contributed by atoms with Crippen molar-refractivity contribution in [3.63, 3.8) is 0 Å². The van der Waals surface area contributed by atoms with Crippen LogP contribution in [0.2, 0.25) is 0 Å². The fraction of sp³-hybridized carbons (Fsp3) is 0.250. The number of fused-ring (bicyclic) bond motifs is 1. The third-order valence-corrected chi connectivity index (χ3v) is 3.54. The lowest BCUT2D eigenvalue weighted by Crippen LogP contribution is -1.98. The lowest BCUT2D eigenvalue weighted by atomic mass is 10.0. The molecule has 3 rings (SSSR count). The van der Waals surface area contributed by atoms with Crippen molar-refractivity contribution >= 4 is 10.9 Å². The van der Waals surface area contributed by atoms with Crippen molar-refractivity contribution in [1.29, 1.82) is 0 Å². The quantitative estimate of drug-likeness (QED) is 0.694. The Hall–Kier alpha value is -2.16. The first-order valence-corrected chi connectivity index (χ1v) is 6.59. The van der Waals surface area contributed by atoms with E-state index >= 15 is 0 Å². The third kappa shape index (κ3) is 2.01. The number of aryl methyl sites for hydroxylation is 2. The van der Waals surface area contributed by atoms with E-state index in [1.165, 1.54) is 22.2 Å². The molecule has 0 saturated carbocycles. The van der Waals surface area contributed by atoms with Crippen LogP contribution in [0.25, 0.3) is 22.0 Å². The maximum absolute atomic E-state index is 4.53. The highest BCUT2D eigenvalue weighted by atomic mass is 15.3. The zero-order valence-corrected chi connectivity index (χ0v) is 11.5. The van der Waals surface area contributed by atoms with Crippen LogP contribution in [0.1, 0.15) is 18.3 Å². The summed E-state index contributed by atoms with van der Waals surface area (Å²) in [5, 5.41) is 5.58. The molecule has 3 aromatic rings. The van der Waals surface area contributed by atoms with Crippen molar-refractivity contribution in [3.8, 4) is 11.1 Å². The molecule has 19 heavy (non-hydrogen) atoms. The summed E-state index contributed by atoms with van der Waals surface area (Å²) in [4.78, 5) is 4.53. The summed E-state index contributed by atoms with van der Waals surface area (Å²) >= 11 is 0. The molecule has 0 aliphatic carbocycles.